The maximum absolute atomic E-state index is 11.9. The van der Waals surface area contributed by atoms with Crippen LogP contribution >= 0.6 is 0 Å². The Morgan fingerprint density at radius 2 is 1.38 bits per heavy atom. The predicted octanol–water partition coefficient (Wildman–Crippen LogP) is 4.11. The molecular formula is C19H29NO4. The van der Waals surface area contributed by atoms with Gasteiger partial charge in [-0.15, -0.1) is 0 Å². The topological polar surface area (TPSA) is 86.6 Å². The number of para-hydroxylation sites is 1. The molecule has 0 aliphatic carbocycles. The molecular weight excluding hydrogens is 306 g/mol. The summed E-state index contributed by atoms with van der Waals surface area (Å²) in [6, 6.07) is 6.55. The fourth-order valence-corrected chi connectivity index (χ4v) is 2.60. The summed E-state index contributed by atoms with van der Waals surface area (Å²) in [4.78, 5) is 22.2. The number of rotatable bonds is 13. The number of aliphatic carboxylic acids is 1. The van der Waals surface area contributed by atoms with E-state index < -0.39 is 5.97 Å². The minimum atomic E-state index is -0.704. The van der Waals surface area contributed by atoms with Gasteiger partial charge in [-0.05, 0) is 25.0 Å². The van der Waals surface area contributed by atoms with Gasteiger partial charge in [0.2, 0.25) is 0 Å². The molecule has 1 rings (SSSR count). The van der Waals surface area contributed by atoms with Crippen molar-refractivity contribution in [2.45, 2.75) is 64.2 Å². The Labute approximate surface area is 144 Å². The first-order chi connectivity index (χ1) is 11.6. The molecule has 1 aromatic rings. The number of nitrogens with one attached hydrogen (secondary N) is 1. The molecule has 134 valence electrons. The van der Waals surface area contributed by atoms with Crippen molar-refractivity contribution in [2.75, 3.05) is 6.54 Å². The first kappa shape index (κ1) is 20.0. The SMILES string of the molecule is O=C(O)CCCCCCCCCCCNC(=O)c1ccccc1O. The number of carbonyl (C=O) groups is 2. The minimum Gasteiger partial charge on any atom is -0.507 e. The van der Waals surface area contributed by atoms with Gasteiger partial charge in [-0.1, -0.05) is 57.1 Å². The van der Waals surface area contributed by atoms with Gasteiger partial charge in [0.05, 0.1) is 5.56 Å². The number of benzene rings is 1. The predicted molar refractivity (Wildman–Crippen MR) is 94.2 cm³/mol. The van der Waals surface area contributed by atoms with Crippen LogP contribution in [0.5, 0.6) is 5.75 Å². The maximum atomic E-state index is 11.9. The van der Waals surface area contributed by atoms with Gasteiger partial charge in [-0.3, -0.25) is 9.59 Å². The highest BCUT2D eigenvalue weighted by Crippen LogP contribution is 2.15. The van der Waals surface area contributed by atoms with Crippen LogP contribution in [0.3, 0.4) is 0 Å². The average Bonchev–Trinajstić information content (AvgIpc) is 2.55. The zero-order chi connectivity index (χ0) is 17.6. The summed E-state index contributed by atoms with van der Waals surface area (Å²) < 4.78 is 0. The number of aromatic hydroxyl groups is 1. The lowest BCUT2D eigenvalue weighted by Gasteiger charge is -2.06. The van der Waals surface area contributed by atoms with Crippen molar-refractivity contribution in [3.05, 3.63) is 29.8 Å². The van der Waals surface area contributed by atoms with Gasteiger partial charge in [0.15, 0.2) is 0 Å². The van der Waals surface area contributed by atoms with E-state index in [4.69, 9.17) is 5.11 Å². The summed E-state index contributed by atoms with van der Waals surface area (Å²) in [6.07, 6.45) is 9.92. The van der Waals surface area contributed by atoms with Crippen LogP contribution in [-0.2, 0) is 4.79 Å². The third-order valence-electron chi connectivity index (χ3n) is 4.00. The van der Waals surface area contributed by atoms with E-state index in [0.717, 1.165) is 38.5 Å². The molecule has 5 nitrogen and oxygen atoms in total. The zero-order valence-corrected chi connectivity index (χ0v) is 14.3. The summed E-state index contributed by atoms with van der Waals surface area (Å²) in [5, 5.41) is 21.0. The number of carbonyl (C=O) groups excluding carboxylic acids is 1. The highest BCUT2D eigenvalue weighted by Gasteiger charge is 2.08. The Balaban J connectivity index is 1.91. The molecule has 0 spiro atoms. The van der Waals surface area contributed by atoms with Crippen molar-refractivity contribution < 1.29 is 19.8 Å². The first-order valence-corrected chi connectivity index (χ1v) is 8.89. The fourth-order valence-electron chi connectivity index (χ4n) is 2.60. The number of unbranched alkanes of at least 4 members (excludes halogenated alkanes) is 8. The number of phenolic OH excluding ortho intramolecular Hbond substituents is 1. The van der Waals surface area contributed by atoms with E-state index in [2.05, 4.69) is 5.32 Å². The Morgan fingerprint density at radius 3 is 1.96 bits per heavy atom. The van der Waals surface area contributed by atoms with Crippen molar-refractivity contribution in [1.82, 2.24) is 5.32 Å². The minimum absolute atomic E-state index is 0.0124. The molecule has 0 fully saturated rings. The Hall–Kier alpha value is -2.04. The van der Waals surface area contributed by atoms with Gasteiger partial charge in [-0.25, -0.2) is 0 Å². The zero-order valence-electron chi connectivity index (χ0n) is 14.3. The number of hydrogen-bond acceptors (Lipinski definition) is 3. The van der Waals surface area contributed by atoms with Gasteiger partial charge < -0.3 is 15.5 Å². The van der Waals surface area contributed by atoms with Crippen LogP contribution in [0.25, 0.3) is 0 Å². The quantitative estimate of drug-likeness (QED) is 0.474. The molecule has 0 aliphatic rings. The van der Waals surface area contributed by atoms with Crippen molar-refractivity contribution in [3.8, 4) is 5.75 Å². The summed E-state index contributed by atoms with van der Waals surface area (Å²) in [5.74, 6) is -0.919. The lowest BCUT2D eigenvalue weighted by atomic mass is 10.1. The van der Waals surface area contributed by atoms with Crippen LogP contribution < -0.4 is 5.32 Å². The van der Waals surface area contributed by atoms with Crippen LogP contribution in [0, 0.1) is 0 Å². The maximum Gasteiger partial charge on any atom is 0.303 e. The second-order valence-corrected chi connectivity index (χ2v) is 6.10. The van der Waals surface area contributed by atoms with Crippen molar-refractivity contribution in [1.29, 1.82) is 0 Å². The number of phenols is 1. The number of carboxylic acid groups (broad SMARTS) is 1. The molecule has 0 radical (unpaired) electrons. The molecule has 0 bridgehead atoms. The molecule has 1 aromatic carbocycles. The summed E-state index contributed by atoms with van der Waals surface area (Å²) in [6.45, 7) is 0.627. The highest BCUT2D eigenvalue weighted by atomic mass is 16.4. The second-order valence-electron chi connectivity index (χ2n) is 6.10. The Bertz CT molecular complexity index is 502. The molecule has 0 heterocycles. The lowest BCUT2D eigenvalue weighted by molar-refractivity contribution is -0.137. The monoisotopic (exact) mass is 335 g/mol. The first-order valence-electron chi connectivity index (χ1n) is 8.89. The van der Waals surface area contributed by atoms with E-state index in [9.17, 15) is 14.7 Å². The van der Waals surface area contributed by atoms with Crippen LogP contribution in [0.2, 0.25) is 0 Å². The molecule has 0 saturated carbocycles. The second kappa shape index (κ2) is 12.4. The smallest absolute Gasteiger partial charge is 0.303 e. The Morgan fingerprint density at radius 1 is 0.833 bits per heavy atom. The summed E-state index contributed by atoms with van der Waals surface area (Å²) in [5.41, 5.74) is 0.320. The third-order valence-corrected chi connectivity index (χ3v) is 4.00. The number of carboxylic acids is 1. The van der Waals surface area contributed by atoms with E-state index in [0.29, 0.717) is 12.1 Å². The molecule has 0 saturated heterocycles. The molecule has 0 aliphatic heterocycles. The molecule has 3 N–H and O–H groups in total. The van der Waals surface area contributed by atoms with Crippen molar-refractivity contribution >= 4 is 11.9 Å². The summed E-state index contributed by atoms with van der Waals surface area (Å²) >= 11 is 0. The van der Waals surface area contributed by atoms with E-state index in [-0.39, 0.29) is 18.1 Å². The largest absolute Gasteiger partial charge is 0.507 e. The van der Waals surface area contributed by atoms with Gasteiger partial charge in [-0.2, -0.15) is 0 Å². The van der Waals surface area contributed by atoms with E-state index in [1.54, 1.807) is 18.2 Å². The van der Waals surface area contributed by atoms with Gasteiger partial charge in [0.1, 0.15) is 5.75 Å². The van der Waals surface area contributed by atoms with E-state index >= 15 is 0 Å². The number of amides is 1. The molecule has 0 unspecified atom stereocenters. The van der Waals surface area contributed by atoms with Gasteiger partial charge in [0, 0.05) is 13.0 Å². The van der Waals surface area contributed by atoms with Crippen LogP contribution in [0.4, 0.5) is 0 Å². The molecule has 0 aromatic heterocycles. The molecule has 0 atom stereocenters. The Kier molecular flexibility index (Phi) is 10.3. The normalized spacial score (nSPS) is 10.5. The summed E-state index contributed by atoms with van der Waals surface area (Å²) in [7, 11) is 0. The fraction of sp³-hybridized carbons (Fsp3) is 0.579. The van der Waals surface area contributed by atoms with Crippen LogP contribution in [0.1, 0.15) is 74.6 Å². The van der Waals surface area contributed by atoms with E-state index in [1.807, 2.05) is 0 Å². The van der Waals surface area contributed by atoms with Gasteiger partial charge in [0.25, 0.3) is 5.91 Å². The number of hydrogen-bond donors (Lipinski definition) is 3. The van der Waals surface area contributed by atoms with Crippen molar-refractivity contribution in [3.63, 3.8) is 0 Å². The van der Waals surface area contributed by atoms with Crippen LogP contribution in [-0.4, -0.2) is 28.6 Å². The van der Waals surface area contributed by atoms with Crippen molar-refractivity contribution in [2.24, 2.45) is 0 Å². The molecule has 24 heavy (non-hydrogen) atoms. The lowest BCUT2D eigenvalue weighted by Crippen LogP contribution is -2.24. The molecule has 1 amide bonds. The standard InChI is InChI=1S/C19H29NO4/c21-17-13-10-9-12-16(17)19(24)20-15-11-7-5-3-1-2-4-6-8-14-18(22)23/h9-10,12-13,21H,1-8,11,14-15H2,(H,20,24)(H,22,23). The third kappa shape index (κ3) is 9.18. The van der Waals surface area contributed by atoms with Crippen LogP contribution in [0.15, 0.2) is 24.3 Å². The average molecular weight is 335 g/mol. The molecule has 5 heteroatoms. The van der Waals surface area contributed by atoms with E-state index in [1.165, 1.54) is 25.3 Å². The van der Waals surface area contributed by atoms with Gasteiger partial charge >= 0.3 is 5.97 Å². The highest BCUT2D eigenvalue weighted by molar-refractivity contribution is 5.96.